The molecule has 0 radical (unpaired) electrons. The van der Waals surface area contributed by atoms with Crippen molar-refractivity contribution in [3.63, 3.8) is 0 Å². The lowest BCUT2D eigenvalue weighted by Gasteiger charge is -2.09. The summed E-state index contributed by atoms with van der Waals surface area (Å²) in [5.74, 6) is 0.493. The Hall–Kier alpha value is -4.15. The van der Waals surface area contributed by atoms with Crippen molar-refractivity contribution in [3.05, 3.63) is 67.6 Å². The Labute approximate surface area is 184 Å². The van der Waals surface area contributed by atoms with Crippen molar-refractivity contribution in [2.75, 3.05) is 14.2 Å². The van der Waals surface area contributed by atoms with Crippen LogP contribution in [0.5, 0.6) is 17.2 Å². The molecule has 1 aromatic heterocycles. The molecule has 0 unspecified atom stereocenters. The first-order valence-corrected chi connectivity index (χ1v) is 9.78. The molecule has 162 valence electrons. The van der Waals surface area contributed by atoms with Gasteiger partial charge in [-0.15, -0.1) is 11.3 Å². The first-order valence-electron chi connectivity index (χ1n) is 8.97. The minimum absolute atomic E-state index is 0.0626. The molecule has 0 atom stereocenters. The molecule has 1 heterocycles. The second-order valence-electron chi connectivity index (χ2n) is 6.14. The maximum absolute atomic E-state index is 13.2. The van der Waals surface area contributed by atoms with Crippen molar-refractivity contribution in [2.24, 2.45) is 0 Å². The van der Waals surface area contributed by atoms with Crippen molar-refractivity contribution >= 4 is 23.0 Å². The number of rotatable bonds is 6. The lowest BCUT2D eigenvalue weighted by Crippen LogP contribution is -2.30. The lowest BCUT2D eigenvalue weighted by atomic mass is 10.2. The number of thiazole rings is 1. The highest BCUT2D eigenvalue weighted by atomic mass is 32.1. The van der Waals surface area contributed by atoms with Gasteiger partial charge in [0.15, 0.2) is 17.1 Å². The number of nitriles is 2. The van der Waals surface area contributed by atoms with E-state index in [0.29, 0.717) is 17.0 Å². The van der Waals surface area contributed by atoms with Crippen LogP contribution in [0.4, 0.5) is 8.78 Å². The van der Waals surface area contributed by atoms with Crippen molar-refractivity contribution in [1.82, 2.24) is 4.57 Å². The van der Waals surface area contributed by atoms with Gasteiger partial charge in [0.1, 0.15) is 22.6 Å². The van der Waals surface area contributed by atoms with E-state index >= 15 is 0 Å². The van der Waals surface area contributed by atoms with Gasteiger partial charge >= 0.3 is 6.61 Å². The smallest absolute Gasteiger partial charge is 0.387 e. The number of hydrogen-bond donors (Lipinski definition) is 0. The molecule has 0 N–H and O–H groups in total. The summed E-state index contributed by atoms with van der Waals surface area (Å²) in [5, 5.41) is 18.7. The first-order chi connectivity index (χ1) is 15.4. The molecule has 0 amide bonds. The molecule has 0 saturated heterocycles. The third kappa shape index (κ3) is 4.61. The van der Waals surface area contributed by atoms with Gasteiger partial charge in [-0.1, -0.05) is 6.07 Å². The van der Waals surface area contributed by atoms with E-state index < -0.39 is 12.2 Å². The van der Waals surface area contributed by atoms with Gasteiger partial charge in [0.25, 0.3) is 5.56 Å². The van der Waals surface area contributed by atoms with Gasteiger partial charge in [0.2, 0.25) is 0 Å². The molecule has 7 nitrogen and oxygen atoms in total. The second kappa shape index (κ2) is 9.77. The normalized spacial score (nSPS) is 11.0. The Morgan fingerprint density at radius 2 is 1.75 bits per heavy atom. The van der Waals surface area contributed by atoms with Crippen molar-refractivity contribution in [2.45, 2.75) is 6.61 Å². The summed E-state index contributed by atoms with van der Waals surface area (Å²) in [6.45, 7) is -3.01. The highest BCUT2D eigenvalue weighted by Crippen LogP contribution is 2.29. The molecule has 0 bridgehead atoms. The molecule has 0 aliphatic heterocycles. The van der Waals surface area contributed by atoms with Crippen LogP contribution in [0, 0.1) is 22.7 Å². The number of benzene rings is 2. The number of hydrogen-bond acceptors (Lipinski definition) is 7. The third-order valence-corrected chi connectivity index (χ3v) is 5.39. The average Bonchev–Trinajstić information content (AvgIpc) is 3.11. The van der Waals surface area contributed by atoms with Gasteiger partial charge in [-0.3, -0.25) is 9.36 Å². The van der Waals surface area contributed by atoms with Crippen LogP contribution in [0.15, 0.2) is 47.3 Å². The minimum Gasteiger partial charge on any atom is -0.497 e. The fourth-order valence-electron chi connectivity index (χ4n) is 2.86. The van der Waals surface area contributed by atoms with Crippen LogP contribution in [0.3, 0.4) is 0 Å². The molecule has 2 aromatic carbocycles. The molecule has 32 heavy (non-hydrogen) atoms. The zero-order valence-corrected chi connectivity index (χ0v) is 17.7. The summed E-state index contributed by atoms with van der Waals surface area (Å²) >= 11 is 0.961. The molecule has 10 heteroatoms. The van der Waals surface area contributed by atoms with Crippen LogP contribution in [-0.2, 0) is 0 Å². The molecular weight excluding hydrogens is 440 g/mol. The van der Waals surface area contributed by atoms with Crippen molar-refractivity contribution < 1.29 is 23.0 Å². The molecule has 3 aromatic rings. The third-order valence-electron chi connectivity index (χ3n) is 4.29. The van der Waals surface area contributed by atoms with Crippen molar-refractivity contribution in [1.29, 1.82) is 10.5 Å². The average molecular weight is 455 g/mol. The highest BCUT2D eigenvalue weighted by molar-refractivity contribution is 7.07. The van der Waals surface area contributed by atoms with Gasteiger partial charge < -0.3 is 14.2 Å². The fraction of sp³-hybridized carbons (Fsp3) is 0.136. The van der Waals surface area contributed by atoms with Crippen LogP contribution < -0.4 is 29.0 Å². The maximum Gasteiger partial charge on any atom is 0.387 e. The number of ether oxygens (including phenoxy) is 3. The van der Waals surface area contributed by atoms with E-state index in [0.717, 1.165) is 11.3 Å². The zero-order chi connectivity index (χ0) is 23.3. The summed E-state index contributed by atoms with van der Waals surface area (Å²) < 4.78 is 41.4. The fourth-order valence-corrected chi connectivity index (χ4v) is 3.91. The number of nitrogens with zero attached hydrogens (tertiary/aromatic N) is 3. The number of alkyl halides is 2. The number of aromatic nitrogens is 1. The predicted molar refractivity (Wildman–Crippen MR) is 114 cm³/mol. The summed E-state index contributed by atoms with van der Waals surface area (Å²) in [6.07, 6.45) is 1.51. The summed E-state index contributed by atoms with van der Waals surface area (Å²) in [7, 11) is 2.81. The molecule has 0 aliphatic rings. The Kier molecular flexibility index (Phi) is 6.88. The topological polar surface area (TPSA) is 97.3 Å². The highest BCUT2D eigenvalue weighted by Gasteiger charge is 2.13. The van der Waals surface area contributed by atoms with Crippen LogP contribution >= 0.6 is 11.3 Å². The van der Waals surface area contributed by atoms with E-state index in [1.807, 2.05) is 12.1 Å². The molecule has 0 fully saturated rings. The van der Waals surface area contributed by atoms with Crippen LogP contribution in [0.1, 0.15) is 5.56 Å². The standard InChI is InChI=1S/C22H15F2N3O4S/c1-29-16-6-4-15(5-7-16)27-20(28)19(32-21(27)14(11-25)12-26)10-13-3-8-17(31-22(23)24)18(9-13)30-2/h3-10,22H,1-2H3/b19-10-. The van der Waals surface area contributed by atoms with E-state index in [2.05, 4.69) is 4.74 Å². The van der Waals surface area contributed by atoms with Gasteiger partial charge in [0, 0.05) is 0 Å². The second-order valence-corrected chi connectivity index (χ2v) is 7.17. The van der Waals surface area contributed by atoms with Crippen LogP contribution in [-0.4, -0.2) is 25.4 Å². The van der Waals surface area contributed by atoms with E-state index in [1.165, 1.54) is 43.1 Å². The maximum atomic E-state index is 13.2. The van der Waals surface area contributed by atoms with Crippen LogP contribution in [0.25, 0.3) is 17.3 Å². The van der Waals surface area contributed by atoms with Gasteiger partial charge in [-0.25, -0.2) is 0 Å². The number of halogens is 2. The van der Waals surface area contributed by atoms with E-state index in [-0.39, 0.29) is 26.3 Å². The monoisotopic (exact) mass is 455 g/mol. The first kappa shape index (κ1) is 22.5. The van der Waals surface area contributed by atoms with Gasteiger partial charge in [0.05, 0.1) is 24.4 Å². The molecular formula is C22H15F2N3O4S. The SMILES string of the molecule is COc1ccc(-n2c(=C(C#N)C#N)s/c(=C\c3ccc(OC(F)F)c(OC)c3)c2=O)cc1. The van der Waals surface area contributed by atoms with E-state index in [9.17, 15) is 24.1 Å². The molecule has 0 spiro atoms. The van der Waals surface area contributed by atoms with Crippen molar-refractivity contribution in [3.8, 4) is 35.1 Å². The predicted octanol–water partition coefficient (Wildman–Crippen LogP) is 2.54. The quantitative estimate of drug-likeness (QED) is 0.567. The molecule has 0 saturated carbocycles. The summed E-state index contributed by atoms with van der Waals surface area (Å²) in [4.78, 5) is 13.2. The molecule has 3 rings (SSSR count). The Morgan fingerprint density at radius 3 is 2.31 bits per heavy atom. The zero-order valence-electron chi connectivity index (χ0n) is 16.8. The Balaban J connectivity index is 2.24. The minimum atomic E-state index is -3.01. The number of methoxy groups -OCH3 is 2. The molecule has 0 aliphatic carbocycles. The Morgan fingerprint density at radius 1 is 1.06 bits per heavy atom. The Bertz CT molecular complexity index is 1380. The largest absolute Gasteiger partial charge is 0.497 e. The van der Waals surface area contributed by atoms with Crippen LogP contribution in [0.2, 0.25) is 0 Å². The summed E-state index contributed by atoms with van der Waals surface area (Å²) in [5.41, 5.74) is 0.250. The lowest BCUT2D eigenvalue weighted by molar-refractivity contribution is -0.0512. The van der Waals surface area contributed by atoms with E-state index in [4.69, 9.17) is 9.47 Å². The van der Waals surface area contributed by atoms with Gasteiger partial charge in [-0.2, -0.15) is 19.3 Å². The van der Waals surface area contributed by atoms with E-state index in [1.54, 1.807) is 24.3 Å². The summed E-state index contributed by atoms with van der Waals surface area (Å²) in [6, 6.07) is 14.4. The van der Waals surface area contributed by atoms with Gasteiger partial charge in [-0.05, 0) is 48.0 Å².